The Bertz CT molecular complexity index is 1250. The standard InChI is InChI=1S/C27H32F3N5O4/c1-38-23-12-19(20(28)14-31-23)21-13-22(34-33-21)25(37)35-17-2-3-18(35)11-15(10-17)24(36)32-16-4-6-26(7-5-16)27(29,30)8-9-39-26/h12-18H,2-11H2,1H3,(H,32,36)(H,33,34)/t15-,16?,17-,18+,26?. The second kappa shape index (κ2) is 9.79. The molecule has 3 saturated heterocycles. The van der Waals surface area contributed by atoms with Gasteiger partial charge >= 0.3 is 0 Å². The van der Waals surface area contributed by atoms with Gasteiger partial charge in [-0.15, -0.1) is 0 Å². The predicted molar refractivity (Wildman–Crippen MR) is 133 cm³/mol. The normalized spacial score (nSPS) is 31.4. The van der Waals surface area contributed by atoms with Gasteiger partial charge in [-0.05, 0) is 57.4 Å². The maximum Gasteiger partial charge on any atom is 0.278 e. The topological polar surface area (TPSA) is 109 Å². The molecule has 1 aliphatic carbocycles. The molecule has 2 bridgehead atoms. The number of alkyl halides is 2. The van der Waals surface area contributed by atoms with E-state index < -0.39 is 17.3 Å². The number of pyridine rings is 1. The van der Waals surface area contributed by atoms with E-state index in [1.54, 1.807) is 0 Å². The number of methoxy groups -OCH3 is 1. The molecule has 210 valence electrons. The van der Waals surface area contributed by atoms with E-state index in [0.29, 0.717) is 31.4 Å². The van der Waals surface area contributed by atoms with Gasteiger partial charge in [0.05, 0.1) is 25.6 Å². The Balaban J connectivity index is 1.07. The van der Waals surface area contributed by atoms with Gasteiger partial charge in [0.1, 0.15) is 5.60 Å². The van der Waals surface area contributed by atoms with Crippen molar-refractivity contribution in [2.75, 3.05) is 13.7 Å². The van der Waals surface area contributed by atoms with Gasteiger partial charge < -0.3 is 19.7 Å². The van der Waals surface area contributed by atoms with E-state index in [1.807, 2.05) is 4.90 Å². The Labute approximate surface area is 223 Å². The summed E-state index contributed by atoms with van der Waals surface area (Å²) in [7, 11) is 1.43. The van der Waals surface area contributed by atoms with Crippen LogP contribution in [-0.4, -0.2) is 75.3 Å². The Hall–Kier alpha value is -3.15. The molecule has 12 heteroatoms. The fourth-order valence-corrected chi connectivity index (χ4v) is 6.93. The van der Waals surface area contributed by atoms with Crippen molar-refractivity contribution in [2.24, 2.45) is 5.92 Å². The zero-order valence-corrected chi connectivity index (χ0v) is 21.7. The number of hydrogen-bond donors (Lipinski definition) is 2. The van der Waals surface area contributed by atoms with Crippen LogP contribution in [0.3, 0.4) is 0 Å². The lowest BCUT2D eigenvalue weighted by Crippen LogP contribution is -2.53. The molecule has 6 rings (SSSR count). The lowest BCUT2D eigenvalue weighted by atomic mass is 9.78. The largest absolute Gasteiger partial charge is 0.481 e. The number of aromatic amines is 1. The minimum Gasteiger partial charge on any atom is -0.481 e. The second-order valence-electron chi connectivity index (χ2n) is 11.2. The van der Waals surface area contributed by atoms with E-state index in [4.69, 9.17) is 9.47 Å². The summed E-state index contributed by atoms with van der Waals surface area (Å²) < 4.78 is 53.6. The molecule has 2 aromatic rings. The minimum absolute atomic E-state index is 0.0665. The zero-order chi connectivity index (χ0) is 27.4. The predicted octanol–water partition coefficient (Wildman–Crippen LogP) is 3.86. The number of aromatic nitrogens is 3. The highest BCUT2D eigenvalue weighted by molar-refractivity contribution is 5.94. The average molecular weight is 548 g/mol. The number of nitrogens with one attached hydrogen (secondary N) is 2. The Morgan fingerprint density at radius 2 is 1.85 bits per heavy atom. The van der Waals surface area contributed by atoms with Crippen LogP contribution < -0.4 is 10.1 Å². The van der Waals surface area contributed by atoms with E-state index in [1.165, 1.54) is 19.2 Å². The molecule has 2 amide bonds. The van der Waals surface area contributed by atoms with Crippen LogP contribution in [0.2, 0.25) is 0 Å². The summed E-state index contributed by atoms with van der Waals surface area (Å²) in [5, 5.41) is 9.98. The Morgan fingerprint density at radius 1 is 1.13 bits per heavy atom. The van der Waals surface area contributed by atoms with Crippen molar-refractivity contribution in [1.29, 1.82) is 0 Å². The van der Waals surface area contributed by atoms with Gasteiger partial charge in [0, 0.05) is 42.1 Å². The van der Waals surface area contributed by atoms with Crippen LogP contribution in [0.1, 0.15) is 68.3 Å². The summed E-state index contributed by atoms with van der Waals surface area (Å²) in [4.78, 5) is 32.2. The van der Waals surface area contributed by atoms with Crippen molar-refractivity contribution in [2.45, 2.75) is 87.4 Å². The molecule has 4 fully saturated rings. The fourth-order valence-electron chi connectivity index (χ4n) is 6.93. The number of carbonyl (C=O) groups is 2. The number of H-pyrrole nitrogens is 1. The molecule has 0 unspecified atom stereocenters. The van der Waals surface area contributed by atoms with Gasteiger partial charge in [-0.1, -0.05) is 0 Å². The first-order valence-electron chi connectivity index (χ1n) is 13.6. The number of halogens is 3. The highest BCUT2D eigenvalue weighted by atomic mass is 19.3. The molecular weight excluding hydrogens is 515 g/mol. The molecule has 5 heterocycles. The monoisotopic (exact) mass is 547 g/mol. The smallest absolute Gasteiger partial charge is 0.278 e. The summed E-state index contributed by atoms with van der Waals surface area (Å²) >= 11 is 0. The van der Waals surface area contributed by atoms with E-state index in [9.17, 15) is 22.8 Å². The van der Waals surface area contributed by atoms with Crippen molar-refractivity contribution < 1.29 is 32.2 Å². The summed E-state index contributed by atoms with van der Waals surface area (Å²) in [6.07, 6.45) is 4.91. The van der Waals surface area contributed by atoms with E-state index in [0.717, 1.165) is 19.0 Å². The number of hydrogen-bond acceptors (Lipinski definition) is 6. The third-order valence-electron chi connectivity index (χ3n) is 9.07. The van der Waals surface area contributed by atoms with E-state index >= 15 is 0 Å². The molecule has 3 aliphatic heterocycles. The summed E-state index contributed by atoms with van der Waals surface area (Å²) in [6.45, 7) is 0.0824. The van der Waals surface area contributed by atoms with E-state index in [-0.39, 0.29) is 78.9 Å². The highest BCUT2D eigenvalue weighted by Crippen LogP contribution is 2.49. The molecular formula is C27H32F3N5O4. The number of rotatable bonds is 5. The van der Waals surface area contributed by atoms with Gasteiger partial charge in [0.25, 0.3) is 11.8 Å². The van der Waals surface area contributed by atoms with Crippen molar-refractivity contribution in [3.63, 3.8) is 0 Å². The number of amides is 2. The van der Waals surface area contributed by atoms with Crippen LogP contribution in [0, 0.1) is 11.7 Å². The number of fused-ring (bicyclic) bond motifs is 2. The lowest BCUT2D eigenvalue weighted by molar-refractivity contribution is -0.165. The quantitative estimate of drug-likeness (QED) is 0.589. The number of carbonyl (C=O) groups excluding carboxylic acids is 2. The van der Waals surface area contributed by atoms with E-state index in [2.05, 4.69) is 20.5 Å². The molecule has 39 heavy (non-hydrogen) atoms. The molecule has 2 N–H and O–H groups in total. The molecule has 0 aromatic carbocycles. The first kappa shape index (κ1) is 26.1. The molecule has 1 spiro atoms. The van der Waals surface area contributed by atoms with Gasteiger partial charge in [-0.2, -0.15) is 5.10 Å². The third-order valence-corrected chi connectivity index (χ3v) is 9.07. The Kier molecular flexibility index (Phi) is 6.55. The average Bonchev–Trinajstić information content (AvgIpc) is 3.59. The van der Waals surface area contributed by atoms with Crippen molar-refractivity contribution >= 4 is 11.8 Å². The maximum absolute atomic E-state index is 14.4. The summed E-state index contributed by atoms with van der Waals surface area (Å²) in [6, 6.07) is 2.63. The van der Waals surface area contributed by atoms with Crippen LogP contribution in [0.4, 0.5) is 13.2 Å². The molecule has 9 nitrogen and oxygen atoms in total. The molecule has 3 atom stereocenters. The van der Waals surface area contributed by atoms with Crippen LogP contribution in [0.15, 0.2) is 18.3 Å². The van der Waals surface area contributed by atoms with Gasteiger partial charge in [0.15, 0.2) is 11.5 Å². The zero-order valence-electron chi connectivity index (χ0n) is 21.7. The van der Waals surface area contributed by atoms with Crippen LogP contribution >= 0.6 is 0 Å². The third kappa shape index (κ3) is 4.56. The van der Waals surface area contributed by atoms with Crippen LogP contribution in [0.25, 0.3) is 11.3 Å². The van der Waals surface area contributed by atoms with Crippen LogP contribution in [0.5, 0.6) is 5.88 Å². The Morgan fingerprint density at radius 3 is 2.49 bits per heavy atom. The highest BCUT2D eigenvalue weighted by Gasteiger charge is 2.59. The maximum atomic E-state index is 14.4. The van der Waals surface area contributed by atoms with Crippen molar-refractivity contribution in [3.8, 4) is 17.1 Å². The SMILES string of the molecule is COc1cc(-c2cc(C(=O)N3[C@@H]4CC[C@H]3C[C@H](C(=O)NC3CCC5(CC3)OCCC5(F)F)C4)n[nH]2)c(F)cn1. The van der Waals surface area contributed by atoms with Gasteiger partial charge in [-0.3, -0.25) is 14.7 Å². The van der Waals surface area contributed by atoms with Crippen molar-refractivity contribution in [3.05, 3.63) is 29.8 Å². The molecule has 2 aromatic heterocycles. The van der Waals surface area contributed by atoms with Gasteiger partial charge in [0.2, 0.25) is 11.8 Å². The fraction of sp³-hybridized carbons (Fsp3) is 0.630. The number of ether oxygens (including phenoxy) is 2. The second-order valence-corrected chi connectivity index (χ2v) is 11.2. The number of nitrogens with zero attached hydrogens (tertiary/aromatic N) is 3. The lowest BCUT2D eigenvalue weighted by Gasteiger charge is -2.41. The number of piperidine rings is 1. The molecule has 1 saturated carbocycles. The van der Waals surface area contributed by atoms with Crippen LogP contribution in [-0.2, 0) is 9.53 Å². The van der Waals surface area contributed by atoms with Gasteiger partial charge in [-0.25, -0.2) is 18.2 Å². The summed E-state index contributed by atoms with van der Waals surface area (Å²) in [5.41, 5.74) is -0.653. The first-order valence-corrected chi connectivity index (χ1v) is 13.6. The molecule has 0 radical (unpaired) electrons. The summed E-state index contributed by atoms with van der Waals surface area (Å²) in [5.74, 6) is -3.69. The minimum atomic E-state index is -2.81. The first-order chi connectivity index (χ1) is 18.7. The van der Waals surface area contributed by atoms with Crippen molar-refractivity contribution in [1.82, 2.24) is 25.4 Å². The molecule has 4 aliphatic rings.